The summed E-state index contributed by atoms with van der Waals surface area (Å²) in [5, 5.41) is 0.844. The fourth-order valence-corrected chi connectivity index (χ4v) is 5.29. The molecule has 25 heavy (non-hydrogen) atoms. The molecule has 0 saturated heterocycles. The summed E-state index contributed by atoms with van der Waals surface area (Å²) in [6, 6.07) is 8.73. The van der Waals surface area contributed by atoms with Gasteiger partial charge in [-0.3, -0.25) is 4.79 Å². The summed E-state index contributed by atoms with van der Waals surface area (Å²) in [6.07, 6.45) is 1.73. The molecule has 4 N–H and O–H groups in total. The summed E-state index contributed by atoms with van der Waals surface area (Å²) in [5.41, 5.74) is 6.71. The number of aromatic nitrogens is 1. The number of primary amides is 1. The maximum Gasteiger partial charge on any atom is 0.250 e. The number of benzene rings is 1. The molecule has 132 valence electrons. The van der Waals surface area contributed by atoms with Crippen LogP contribution in [-0.2, 0) is 10.0 Å². The van der Waals surface area contributed by atoms with Crippen molar-refractivity contribution in [1.29, 1.82) is 0 Å². The molecule has 0 aliphatic rings. The predicted octanol–water partition coefficient (Wildman–Crippen LogP) is 3.07. The van der Waals surface area contributed by atoms with E-state index < -0.39 is 21.5 Å². The van der Waals surface area contributed by atoms with E-state index in [0.717, 1.165) is 27.2 Å². The highest BCUT2D eigenvalue weighted by Gasteiger charge is 2.24. The van der Waals surface area contributed by atoms with Crippen molar-refractivity contribution in [2.24, 2.45) is 5.73 Å². The van der Waals surface area contributed by atoms with E-state index in [0.29, 0.717) is 11.1 Å². The average molecular weight is 377 g/mol. The molecule has 0 spiro atoms. The summed E-state index contributed by atoms with van der Waals surface area (Å²) in [5.74, 6) is -0.534. The second-order valence-corrected chi connectivity index (χ2v) is 9.80. The number of H-pyrrole nitrogens is 1. The summed E-state index contributed by atoms with van der Waals surface area (Å²) >= 11 is 1.15. The van der Waals surface area contributed by atoms with Gasteiger partial charge in [-0.05, 0) is 56.7 Å². The first-order chi connectivity index (χ1) is 11.6. The molecule has 3 aromatic rings. The van der Waals surface area contributed by atoms with Crippen LogP contribution in [0.15, 0.2) is 40.7 Å². The van der Waals surface area contributed by atoms with Crippen LogP contribution < -0.4 is 10.5 Å². The Morgan fingerprint density at radius 3 is 2.56 bits per heavy atom. The van der Waals surface area contributed by atoms with Crippen molar-refractivity contribution in [2.45, 2.75) is 30.5 Å². The number of thiophene rings is 1. The summed E-state index contributed by atoms with van der Waals surface area (Å²) in [4.78, 5) is 15.5. The molecule has 0 aliphatic carbocycles. The molecule has 0 bridgehead atoms. The molecule has 0 atom stereocenters. The molecule has 2 heterocycles. The fraction of sp³-hybridized carbons (Fsp3) is 0.235. The van der Waals surface area contributed by atoms with Gasteiger partial charge in [-0.25, -0.2) is 13.1 Å². The third-order valence-corrected chi connectivity index (χ3v) is 6.88. The zero-order valence-electron chi connectivity index (χ0n) is 14.1. The Balaban J connectivity index is 2.06. The van der Waals surface area contributed by atoms with Crippen molar-refractivity contribution in [3.8, 4) is 10.4 Å². The zero-order chi connectivity index (χ0) is 18.4. The van der Waals surface area contributed by atoms with Gasteiger partial charge in [0.15, 0.2) is 0 Å². The molecule has 0 unspecified atom stereocenters. The number of aromatic amines is 1. The molecule has 8 heteroatoms. The zero-order valence-corrected chi connectivity index (χ0v) is 15.7. The summed E-state index contributed by atoms with van der Waals surface area (Å²) < 4.78 is 27.8. The van der Waals surface area contributed by atoms with Gasteiger partial charge in [-0.1, -0.05) is 0 Å². The van der Waals surface area contributed by atoms with Crippen molar-refractivity contribution >= 4 is 38.2 Å². The number of sulfonamides is 1. The highest BCUT2D eigenvalue weighted by atomic mass is 32.2. The Hall–Kier alpha value is -2.16. The molecule has 2 aromatic heterocycles. The van der Waals surface area contributed by atoms with Gasteiger partial charge in [0.1, 0.15) is 4.21 Å². The number of carbonyl (C=O) groups excluding carboxylic acids is 1. The monoisotopic (exact) mass is 377 g/mol. The van der Waals surface area contributed by atoms with Crippen LogP contribution in [0.4, 0.5) is 0 Å². The van der Waals surface area contributed by atoms with Crippen LogP contribution in [0.2, 0.25) is 0 Å². The van der Waals surface area contributed by atoms with E-state index in [9.17, 15) is 13.2 Å². The highest BCUT2D eigenvalue weighted by molar-refractivity contribution is 7.91. The molecular formula is C17H19N3O3S2. The van der Waals surface area contributed by atoms with Crippen LogP contribution in [0.1, 0.15) is 31.1 Å². The number of carbonyl (C=O) groups is 1. The van der Waals surface area contributed by atoms with E-state index in [1.54, 1.807) is 45.2 Å². The molecule has 6 nitrogen and oxygen atoms in total. The molecule has 0 aliphatic heterocycles. The number of hydrogen-bond acceptors (Lipinski definition) is 4. The topological polar surface area (TPSA) is 105 Å². The van der Waals surface area contributed by atoms with Crippen LogP contribution in [0.3, 0.4) is 0 Å². The van der Waals surface area contributed by atoms with Crippen molar-refractivity contribution < 1.29 is 13.2 Å². The lowest BCUT2D eigenvalue weighted by Gasteiger charge is -2.19. The third-order valence-electron chi connectivity index (χ3n) is 3.50. The predicted molar refractivity (Wildman–Crippen MR) is 100 cm³/mol. The van der Waals surface area contributed by atoms with Crippen LogP contribution in [-0.4, -0.2) is 24.8 Å². The Bertz CT molecular complexity index is 1060. The van der Waals surface area contributed by atoms with Gasteiger partial charge in [0, 0.05) is 22.0 Å². The largest absolute Gasteiger partial charge is 0.366 e. The van der Waals surface area contributed by atoms with E-state index >= 15 is 0 Å². The quantitative estimate of drug-likeness (QED) is 0.650. The smallest absolute Gasteiger partial charge is 0.250 e. The highest BCUT2D eigenvalue weighted by Crippen LogP contribution is 2.34. The summed E-state index contributed by atoms with van der Waals surface area (Å²) in [7, 11) is -3.59. The number of hydrogen-bond donors (Lipinski definition) is 3. The SMILES string of the molecule is CC(C)(C)NS(=O)(=O)c1ccc(-c2cc(C(N)=O)c3[nH]ccc3c2)s1. The van der Waals surface area contributed by atoms with E-state index in [1.165, 1.54) is 0 Å². The van der Waals surface area contributed by atoms with Crippen LogP contribution in [0, 0.1) is 0 Å². The summed E-state index contributed by atoms with van der Waals surface area (Å²) in [6.45, 7) is 5.37. The number of rotatable bonds is 4. The second-order valence-electron chi connectivity index (χ2n) is 6.80. The third kappa shape index (κ3) is 3.60. The van der Waals surface area contributed by atoms with E-state index in [2.05, 4.69) is 9.71 Å². The first kappa shape index (κ1) is 17.7. The molecule has 1 amide bonds. The fourth-order valence-electron chi connectivity index (χ4n) is 2.58. The Labute approximate surface area is 150 Å². The van der Waals surface area contributed by atoms with Crippen molar-refractivity contribution in [3.63, 3.8) is 0 Å². The van der Waals surface area contributed by atoms with Crippen molar-refractivity contribution in [3.05, 3.63) is 42.1 Å². The Kier molecular flexibility index (Phi) is 4.22. The minimum absolute atomic E-state index is 0.229. The van der Waals surface area contributed by atoms with Gasteiger partial charge in [-0.2, -0.15) is 0 Å². The first-order valence-electron chi connectivity index (χ1n) is 7.62. The van der Waals surface area contributed by atoms with Gasteiger partial charge in [0.05, 0.1) is 11.1 Å². The van der Waals surface area contributed by atoms with Crippen LogP contribution >= 0.6 is 11.3 Å². The van der Waals surface area contributed by atoms with E-state index in [1.807, 2.05) is 12.1 Å². The molecular weight excluding hydrogens is 358 g/mol. The van der Waals surface area contributed by atoms with Gasteiger partial charge in [0.2, 0.25) is 0 Å². The number of fused-ring (bicyclic) bond motifs is 1. The van der Waals surface area contributed by atoms with Crippen molar-refractivity contribution in [1.82, 2.24) is 9.71 Å². The van der Waals surface area contributed by atoms with Crippen LogP contribution in [0.5, 0.6) is 0 Å². The molecule has 1 aromatic carbocycles. The van der Waals surface area contributed by atoms with E-state index in [-0.39, 0.29) is 4.21 Å². The number of nitrogens with one attached hydrogen (secondary N) is 2. The molecule has 0 fully saturated rings. The normalized spacial score (nSPS) is 12.6. The minimum atomic E-state index is -3.59. The van der Waals surface area contributed by atoms with Gasteiger partial charge in [0.25, 0.3) is 15.9 Å². The maximum absolute atomic E-state index is 12.5. The van der Waals surface area contributed by atoms with Gasteiger partial charge >= 0.3 is 0 Å². The average Bonchev–Trinajstić information content (AvgIpc) is 3.12. The Morgan fingerprint density at radius 2 is 1.92 bits per heavy atom. The van der Waals surface area contributed by atoms with Crippen LogP contribution in [0.25, 0.3) is 21.3 Å². The van der Waals surface area contributed by atoms with E-state index in [4.69, 9.17) is 5.73 Å². The molecule has 0 saturated carbocycles. The second kappa shape index (κ2) is 5.98. The number of nitrogens with two attached hydrogens (primary N) is 1. The lowest BCUT2D eigenvalue weighted by atomic mass is 10.1. The lowest BCUT2D eigenvalue weighted by Crippen LogP contribution is -2.40. The van der Waals surface area contributed by atoms with Gasteiger partial charge in [-0.15, -0.1) is 11.3 Å². The molecule has 0 radical (unpaired) electrons. The lowest BCUT2D eigenvalue weighted by molar-refractivity contribution is 0.100. The minimum Gasteiger partial charge on any atom is -0.366 e. The van der Waals surface area contributed by atoms with Gasteiger partial charge < -0.3 is 10.7 Å². The number of amides is 1. The Morgan fingerprint density at radius 1 is 1.20 bits per heavy atom. The standard InChI is InChI=1S/C17H19N3O3S2/c1-17(2,3)20-25(22,23)14-5-4-13(24-14)11-8-10-6-7-19-15(10)12(9-11)16(18)21/h4-9,19-20H,1-3H3,(H2,18,21). The first-order valence-corrected chi connectivity index (χ1v) is 9.92. The molecule has 3 rings (SSSR count). The van der Waals surface area contributed by atoms with Crippen molar-refractivity contribution in [2.75, 3.05) is 0 Å². The maximum atomic E-state index is 12.5.